The van der Waals surface area contributed by atoms with Crippen molar-refractivity contribution in [3.63, 3.8) is 0 Å². The van der Waals surface area contributed by atoms with Gasteiger partial charge in [-0.25, -0.2) is 0 Å². The van der Waals surface area contributed by atoms with Crippen LogP contribution in [0, 0.1) is 19.3 Å². The number of aliphatic hydroxyl groups excluding tert-OH is 1. The van der Waals surface area contributed by atoms with Crippen LogP contribution in [0.3, 0.4) is 0 Å². The smallest absolute Gasteiger partial charge is 0.125 e. The van der Waals surface area contributed by atoms with Crippen molar-refractivity contribution < 1.29 is 9.84 Å². The van der Waals surface area contributed by atoms with E-state index in [1.165, 1.54) is 0 Å². The Kier molecular flexibility index (Phi) is 7.29. The van der Waals surface area contributed by atoms with Crippen LogP contribution in [0.2, 0.25) is 0 Å². The molecule has 0 aliphatic heterocycles. The van der Waals surface area contributed by atoms with E-state index in [0.717, 1.165) is 23.3 Å². The Labute approximate surface area is 116 Å². The predicted molar refractivity (Wildman–Crippen MR) is 77.5 cm³/mol. The van der Waals surface area contributed by atoms with Crippen LogP contribution in [0.4, 0.5) is 0 Å². The van der Waals surface area contributed by atoms with Crippen molar-refractivity contribution in [2.24, 2.45) is 11.1 Å². The average molecular weight is 274 g/mol. The summed E-state index contributed by atoms with van der Waals surface area (Å²) >= 11 is 0. The molecule has 0 aliphatic rings. The largest absolute Gasteiger partial charge is 0.493 e. The molecule has 0 radical (unpaired) electrons. The van der Waals surface area contributed by atoms with E-state index in [0.29, 0.717) is 13.2 Å². The molecule has 104 valence electrons. The van der Waals surface area contributed by atoms with Gasteiger partial charge in [-0.05, 0) is 31.4 Å². The summed E-state index contributed by atoms with van der Waals surface area (Å²) in [6.45, 7) is 7.20. The van der Waals surface area contributed by atoms with E-state index in [2.05, 4.69) is 0 Å². The quantitative estimate of drug-likeness (QED) is 0.837. The van der Waals surface area contributed by atoms with Gasteiger partial charge in [0, 0.05) is 18.6 Å². The van der Waals surface area contributed by atoms with Gasteiger partial charge in [-0.3, -0.25) is 0 Å². The second-order valence-corrected chi connectivity index (χ2v) is 4.99. The molecule has 3 N–H and O–H groups in total. The van der Waals surface area contributed by atoms with Gasteiger partial charge in [-0.1, -0.05) is 25.1 Å². The lowest BCUT2D eigenvalue weighted by atomic mass is 9.88. The minimum atomic E-state index is -0.239. The molecule has 4 heteroatoms. The van der Waals surface area contributed by atoms with E-state index in [1.807, 2.05) is 39.0 Å². The molecule has 18 heavy (non-hydrogen) atoms. The molecular formula is C14H24ClNO2. The van der Waals surface area contributed by atoms with Crippen molar-refractivity contribution in [2.75, 3.05) is 19.8 Å². The fraction of sp³-hybridized carbons (Fsp3) is 0.571. The topological polar surface area (TPSA) is 55.5 Å². The minimum absolute atomic E-state index is 0. The van der Waals surface area contributed by atoms with E-state index in [-0.39, 0.29) is 24.4 Å². The molecule has 3 nitrogen and oxygen atoms in total. The number of para-hydroxylation sites is 1. The van der Waals surface area contributed by atoms with Crippen LogP contribution < -0.4 is 10.5 Å². The van der Waals surface area contributed by atoms with Crippen molar-refractivity contribution in [1.82, 2.24) is 0 Å². The second kappa shape index (κ2) is 7.62. The fourth-order valence-electron chi connectivity index (χ4n) is 1.67. The summed E-state index contributed by atoms with van der Waals surface area (Å²) in [5, 5.41) is 9.26. The van der Waals surface area contributed by atoms with E-state index < -0.39 is 0 Å². The van der Waals surface area contributed by atoms with E-state index in [4.69, 9.17) is 10.5 Å². The maximum absolute atomic E-state index is 9.26. The van der Waals surface area contributed by atoms with Crippen molar-refractivity contribution in [1.29, 1.82) is 0 Å². The van der Waals surface area contributed by atoms with Crippen LogP contribution in [0.5, 0.6) is 5.75 Å². The van der Waals surface area contributed by atoms with Gasteiger partial charge < -0.3 is 15.6 Å². The molecule has 1 aromatic rings. The van der Waals surface area contributed by atoms with E-state index in [9.17, 15) is 5.11 Å². The van der Waals surface area contributed by atoms with Crippen LogP contribution in [-0.4, -0.2) is 24.9 Å². The number of ether oxygens (including phenoxy) is 1. The first-order valence-electron chi connectivity index (χ1n) is 6.02. The number of rotatable bonds is 6. The van der Waals surface area contributed by atoms with Crippen molar-refractivity contribution in [2.45, 2.75) is 27.2 Å². The molecule has 0 spiro atoms. The predicted octanol–water partition coefficient (Wildman–Crippen LogP) is 2.45. The molecule has 1 atom stereocenters. The highest BCUT2D eigenvalue weighted by Crippen LogP contribution is 2.24. The molecule has 1 unspecified atom stereocenters. The first-order chi connectivity index (χ1) is 8.02. The first-order valence-corrected chi connectivity index (χ1v) is 6.02. The summed E-state index contributed by atoms with van der Waals surface area (Å²) in [7, 11) is 0. The molecule has 0 fully saturated rings. The molecule has 1 aromatic carbocycles. The normalized spacial score (nSPS) is 13.6. The number of aliphatic hydroxyl groups is 1. The van der Waals surface area contributed by atoms with Crippen LogP contribution in [0.15, 0.2) is 18.2 Å². The van der Waals surface area contributed by atoms with Gasteiger partial charge in [0.2, 0.25) is 0 Å². The third-order valence-corrected chi connectivity index (χ3v) is 3.24. The number of aryl methyl sites for hydroxylation is 2. The van der Waals surface area contributed by atoms with Crippen LogP contribution in [0.1, 0.15) is 24.5 Å². The SMILES string of the molecule is Cc1cccc(C)c1OCCC(C)(CN)CO.Cl. The number of hydrogen-bond donors (Lipinski definition) is 2. The maximum Gasteiger partial charge on any atom is 0.125 e. The van der Waals surface area contributed by atoms with Gasteiger partial charge in [0.25, 0.3) is 0 Å². The summed E-state index contributed by atoms with van der Waals surface area (Å²) in [5.74, 6) is 0.949. The van der Waals surface area contributed by atoms with E-state index >= 15 is 0 Å². The van der Waals surface area contributed by atoms with Gasteiger partial charge in [-0.15, -0.1) is 12.4 Å². The third kappa shape index (κ3) is 4.48. The fourth-order valence-corrected chi connectivity index (χ4v) is 1.67. The van der Waals surface area contributed by atoms with Gasteiger partial charge >= 0.3 is 0 Å². The Morgan fingerprint density at radius 3 is 2.28 bits per heavy atom. The molecule has 0 saturated carbocycles. The third-order valence-electron chi connectivity index (χ3n) is 3.24. The standard InChI is InChI=1S/C14H23NO2.ClH/c1-11-5-4-6-12(2)13(11)17-8-7-14(3,9-15)10-16;/h4-6,16H,7-10,15H2,1-3H3;1H. The lowest BCUT2D eigenvalue weighted by Crippen LogP contribution is -2.32. The van der Waals surface area contributed by atoms with Crippen molar-refractivity contribution >= 4 is 12.4 Å². The number of halogens is 1. The molecule has 0 bridgehead atoms. The molecule has 0 aliphatic carbocycles. The highest BCUT2D eigenvalue weighted by molar-refractivity contribution is 5.85. The molecule has 0 aromatic heterocycles. The summed E-state index contributed by atoms with van der Waals surface area (Å²) in [5.41, 5.74) is 7.69. The zero-order valence-corrected chi connectivity index (χ0v) is 12.2. The highest BCUT2D eigenvalue weighted by Gasteiger charge is 2.21. The highest BCUT2D eigenvalue weighted by atomic mass is 35.5. The van der Waals surface area contributed by atoms with Gasteiger partial charge in [0.15, 0.2) is 0 Å². The van der Waals surface area contributed by atoms with Crippen LogP contribution >= 0.6 is 12.4 Å². The van der Waals surface area contributed by atoms with E-state index in [1.54, 1.807) is 0 Å². The summed E-state index contributed by atoms with van der Waals surface area (Å²) in [4.78, 5) is 0. The molecular weight excluding hydrogens is 250 g/mol. The molecule has 0 saturated heterocycles. The maximum atomic E-state index is 9.26. The first kappa shape index (κ1) is 17.2. The lowest BCUT2D eigenvalue weighted by molar-refractivity contribution is 0.118. The Balaban J connectivity index is 0.00000289. The van der Waals surface area contributed by atoms with Gasteiger partial charge in [0.1, 0.15) is 5.75 Å². The van der Waals surface area contributed by atoms with Gasteiger partial charge in [0.05, 0.1) is 6.61 Å². The zero-order chi connectivity index (χ0) is 12.9. The summed E-state index contributed by atoms with van der Waals surface area (Å²) in [6, 6.07) is 6.10. The van der Waals surface area contributed by atoms with Crippen LogP contribution in [0.25, 0.3) is 0 Å². The summed E-state index contributed by atoms with van der Waals surface area (Å²) < 4.78 is 5.80. The van der Waals surface area contributed by atoms with Gasteiger partial charge in [-0.2, -0.15) is 0 Å². The minimum Gasteiger partial charge on any atom is -0.493 e. The molecule has 1 rings (SSSR count). The average Bonchev–Trinajstić information content (AvgIpc) is 2.32. The lowest BCUT2D eigenvalue weighted by Gasteiger charge is -2.25. The number of nitrogens with two attached hydrogens (primary N) is 1. The van der Waals surface area contributed by atoms with Crippen molar-refractivity contribution in [3.05, 3.63) is 29.3 Å². The molecule has 0 heterocycles. The van der Waals surface area contributed by atoms with Crippen LogP contribution in [-0.2, 0) is 0 Å². The second-order valence-electron chi connectivity index (χ2n) is 4.99. The Morgan fingerprint density at radius 1 is 1.28 bits per heavy atom. The number of hydrogen-bond acceptors (Lipinski definition) is 3. The van der Waals surface area contributed by atoms with Crippen molar-refractivity contribution in [3.8, 4) is 5.75 Å². The molecule has 0 amide bonds. The Bertz CT molecular complexity index is 345. The number of benzene rings is 1. The zero-order valence-electron chi connectivity index (χ0n) is 11.4. The summed E-state index contributed by atoms with van der Waals surface area (Å²) in [6.07, 6.45) is 0.758. The Morgan fingerprint density at radius 2 is 1.83 bits per heavy atom. The Hall–Kier alpha value is -0.770. The monoisotopic (exact) mass is 273 g/mol.